The van der Waals surface area contributed by atoms with Crippen molar-refractivity contribution in [3.05, 3.63) is 102 Å². The molecule has 6 heteroatoms. The summed E-state index contributed by atoms with van der Waals surface area (Å²) in [5, 5.41) is 0. The lowest BCUT2D eigenvalue weighted by molar-refractivity contribution is -0.155. The number of anilines is 1. The third-order valence-electron chi connectivity index (χ3n) is 6.93. The van der Waals surface area contributed by atoms with Gasteiger partial charge in [0, 0.05) is 19.3 Å². The molecular formula is C33H40N2O4. The second-order valence-corrected chi connectivity index (χ2v) is 11.5. The summed E-state index contributed by atoms with van der Waals surface area (Å²) < 4.78 is 11.6. The predicted molar refractivity (Wildman–Crippen MR) is 154 cm³/mol. The summed E-state index contributed by atoms with van der Waals surface area (Å²) in [6, 6.07) is 26.8. The molecule has 1 aliphatic heterocycles. The third-order valence-corrected chi connectivity index (χ3v) is 6.93. The van der Waals surface area contributed by atoms with E-state index in [0.29, 0.717) is 6.54 Å². The van der Waals surface area contributed by atoms with E-state index in [2.05, 4.69) is 17.0 Å². The Balaban J connectivity index is 1.60. The normalized spacial score (nSPS) is 19.3. The van der Waals surface area contributed by atoms with E-state index >= 15 is 0 Å². The maximum atomic E-state index is 13.4. The van der Waals surface area contributed by atoms with E-state index in [1.807, 2.05) is 119 Å². The van der Waals surface area contributed by atoms with Gasteiger partial charge in [-0.3, -0.25) is 9.69 Å². The number of likely N-dealkylation sites (N-methyl/N-ethyl adjacent to an activating group) is 1. The Morgan fingerprint density at radius 3 is 2.03 bits per heavy atom. The van der Waals surface area contributed by atoms with Crippen molar-refractivity contribution >= 4 is 17.6 Å². The van der Waals surface area contributed by atoms with Crippen LogP contribution < -0.4 is 4.90 Å². The van der Waals surface area contributed by atoms with Gasteiger partial charge in [0.2, 0.25) is 0 Å². The summed E-state index contributed by atoms with van der Waals surface area (Å²) in [6.07, 6.45) is 0. The third kappa shape index (κ3) is 7.07. The van der Waals surface area contributed by atoms with Gasteiger partial charge >= 0.3 is 11.9 Å². The van der Waals surface area contributed by atoms with Crippen LogP contribution in [0.1, 0.15) is 57.4 Å². The molecule has 6 nitrogen and oxygen atoms in total. The molecule has 0 radical (unpaired) electrons. The van der Waals surface area contributed by atoms with Gasteiger partial charge < -0.3 is 14.4 Å². The highest BCUT2D eigenvalue weighted by molar-refractivity contribution is 5.84. The minimum absolute atomic E-state index is 0.00704. The molecule has 1 heterocycles. The molecule has 39 heavy (non-hydrogen) atoms. The number of ether oxygens (including phenoxy) is 2. The average molecular weight is 529 g/mol. The molecule has 0 aromatic heterocycles. The fraction of sp³-hybridized carbons (Fsp3) is 0.394. The minimum atomic E-state index is -0.579. The zero-order chi connectivity index (χ0) is 28.2. The van der Waals surface area contributed by atoms with Crippen LogP contribution in [0.5, 0.6) is 0 Å². The first kappa shape index (κ1) is 28.4. The van der Waals surface area contributed by atoms with Crippen LogP contribution >= 0.6 is 0 Å². The number of esters is 2. The van der Waals surface area contributed by atoms with Gasteiger partial charge in [-0.05, 0) is 49.4 Å². The standard InChI is InChI=1S/C33H40N2O4/c1-23(2)28(31(36)38-22-25-17-11-8-12-18-25)34(6)27-20-14-13-19-26(27)29-30(32(37)39-33(3,4)5)35(29)21-24-15-9-7-10-16-24/h7-20,23,28-30H,21-22H2,1-6H3/t28-,29+,30+,35?/m0/s1. The van der Waals surface area contributed by atoms with Gasteiger partial charge in [0.1, 0.15) is 24.3 Å². The van der Waals surface area contributed by atoms with E-state index in [1.54, 1.807) is 0 Å². The first-order valence-corrected chi connectivity index (χ1v) is 13.6. The zero-order valence-corrected chi connectivity index (χ0v) is 23.8. The van der Waals surface area contributed by atoms with Gasteiger partial charge in [-0.15, -0.1) is 0 Å². The van der Waals surface area contributed by atoms with E-state index in [0.717, 1.165) is 22.4 Å². The van der Waals surface area contributed by atoms with E-state index in [9.17, 15) is 9.59 Å². The van der Waals surface area contributed by atoms with Crippen molar-refractivity contribution in [1.82, 2.24) is 4.90 Å². The highest BCUT2D eigenvalue weighted by Crippen LogP contribution is 2.48. The van der Waals surface area contributed by atoms with Crippen LogP contribution in [0, 0.1) is 5.92 Å². The Kier molecular flexibility index (Phi) is 8.76. The molecule has 1 fully saturated rings. The molecule has 3 aromatic rings. The van der Waals surface area contributed by atoms with E-state index in [-0.39, 0.29) is 30.5 Å². The van der Waals surface area contributed by atoms with Crippen LogP contribution in [-0.2, 0) is 32.2 Å². The molecule has 0 spiro atoms. The van der Waals surface area contributed by atoms with Crippen molar-refractivity contribution in [2.75, 3.05) is 11.9 Å². The summed E-state index contributed by atoms with van der Waals surface area (Å²) in [5.74, 6) is -0.497. The van der Waals surface area contributed by atoms with E-state index < -0.39 is 17.7 Å². The van der Waals surface area contributed by atoms with Crippen molar-refractivity contribution in [3.8, 4) is 0 Å². The fourth-order valence-corrected chi connectivity index (χ4v) is 5.14. The molecular weight excluding hydrogens is 488 g/mol. The zero-order valence-electron chi connectivity index (χ0n) is 23.8. The molecule has 3 aromatic carbocycles. The highest BCUT2D eigenvalue weighted by Gasteiger charge is 2.55. The number of rotatable bonds is 10. The van der Waals surface area contributed by atoms with Gasteiger partial charge in [0.05, 0.1) is 6.04 Å². The molecule has 1 unspecified atom stereocenters. The number of nitrogens with zero attached hydrogens (tertiary/aromatic N) is 2. The van der Waals surface area contributed by atoms with Crippen molar-refractivity contribution in [2.24, 2.45) is 5.92 Å². The molecule has 0 N–H and O–H groups in total. The van der Waals surface area contributed by atoms with Gasteiger partial charge in [-0.25, -0.2) is 4.79 Å². The van der Waals surface area contributed by atoms with Crippen LogP contribution in [0.15, 0.2) is 84.9 Å². The predicted octanol–water partition coefficient (Wildman–Crippen LogP) is 6.16. The van der Waals surface area contributed by atoms with Gasteiger partial charge in [0.25, 0.3) is 0 Å². The summed E-state index contributed by atoms with van der Waals surface area (Å²) >= 11 is 0. The second kappa shape index (κ2) is 12.0. The highest BCUT2D eigenvalue weighted by atomic mass is 16.6. The number of hydrogen-bond donors (Lipinski definition) is 0. The number of benzene rings is 3. The van der Waals surface area contributed by atoms with Gasteiger partial charge in [-0.1, -0.05) is 92.7 Å². The quantitative estimate of drug-likeness (QED) is 0.232. The summed E-state index contributed by atoms with van der Waals surface area (Å²) in [4.78, 5) is 30.8. The molecule has 0 bridgehead atoms. The topological polar surface area (TPSA) is 58.9 Å². The monoisotopic (exact) mass is 528 g/mol. The Morgan fingerprint density at radius 1 is 0.872 bits per heavy atom. The van der Waals surface area contributed by atoms with Crippen LogP contribution in [0.25, 0.3) is 0 Å². The second-order valence-electron chi connectivity index (χ2n) is 11.5. The molecule has 4 atom stereocenters. The number of carbonyl (C=O) groups is 2. The minimum Gasteiger partial charge on any atom is -0.459 e. The smallest absolute Gasteiger partial charge is 0.329 e. The summed E-state index contributed by atoms with van der Waals surface area (Å²) in [7, 11) is 1.93. The molecule has 0 saturated carbocycles. The number of para-hydroxylation sites is 1. The van der Waals surface area contributed by atoms with Crippen molar-refractivity contribution in [1.29, 1.82) is 0 Å². The SMILES string of the molecule is CC(C)[C@@H](C(=O)OCc1ccccc1)N(C)c1ccccc1[C@@H]1[C@H](C(=O)OC(C)(C)C)N1Cc1ccccc1. The van der Waals surface area contributed by atoms with Gasteiger partial charge in [0.15, 0.2) is 0 Å². The average Bonchev–Trinajstić information content (AvgIpc) is 3.61. The van der Waals surface area contributed by atoms with Crippen molar-refractivity contribution < 1.29 is 19.1 Å². The number of hydrogen-bond acceptors (Lipinski definition) is 6. The maximum absolute atomic E-state index is 13.4. The molecule has 0 aliphatic carbocycles. The van der Waals surface area contributed by atoms with Gasteiger partial charge in [-0.2, -0.15) is 0 Å². The number of carbonyl (C=O) groups excluding carboxylic acids is 2. The summed E-state index contributed by atoms with van der Waals surface area (Å²) in [5.41, 5.74) is 3.40. The Bertz CT molecular complexity index is 1250. The Labute approximate surface area is 232 Å². The van der Waals surface area contributed by atoms with Crippen LogP contribution in [0.4, 0.5) is 5.69 Å². The fourth-order valence-electron chi connectivity index (χ4n) is 5.14. The largest absolute Gasteiger partial charge is 0.459 e. The molecule has 206 valence electrons. The molecule has 0 amide bonds. The first-order chi connectivity index (χ1) is 18.6. The molecule has 1 aliphatic rings. The Morgan fingerprint density at radius 2 is 1.44 bits per heavy atom. The lowest BCUT2D eigenvalue weighted by Gasteiger charge is -2.32. The van der Waals surface area contributed by atoms with E-state index in [4.69, 9.17) is 9.47 Å². The van der Waals surface area contributed by atoms with Crippen molar-refractivity contribution in [2.45, 2.75) is 71.5 Å². The summed E-state index contributed by atoms with van der Waals surface area (Å²) in [6.45, 7) is 10.6. The van der Waals surface area contributed by atoms with Crippen LogP contribution in [0.3, 0.4) is 0 Å². The lowest BCUT2D eigenvalue weighted by atomic mass is 9.99. The van der Waals surface area contributed by atoms with Crippen LogP contribution in [-0.4, -0.2) is 41.6 Å². The lowest BCUT2D eigenvalue weighted by Crippen LogP contribution is -2.44. The van der Waals surface area contributed by atoms with Crippen LogP contribution in [0.2, 0.25) is 0 Å². The molecule has 1 saturated heterocycles. The molecule has 4 rings (SSSR count). The van der Waals surface area contributed by atoms with Crippen molar-refractivity contribution in [3.63, 3.8) is 0 Å². The maximum Gasteiger partial charge on any atom is 0.329 e. The Hall–Kier alpha value is -3.64. The van der Waals surface area contributed by atoms with E-state index in [1.165, 1.54) is 0 Å². The first-order valence-electron chi connectivity index (χ1n) is 13.6.